The van der Waals surface area contributed by atoms with Gasteiger partial charge in [-0.15, -0.1) is 0 Å². The predicted molar refractivity (Wildman–Crippen MR) is 163 cm³/mol. The van der Waals surface area contributed by atoms with E-state index in [-0.39, 0.29) is 11.1 Å². The summed E-state index contributed by atoms with van der Waals surface area (Å²) in [5, 5.41) is 11.6. The van der Waals surface area contributed by atoms with E-state index in [1.807, 2.05) is 58.9 Å². The van der Waals surface area contributed by atoms with Gasteiger partial charge in [0.2, 0.25) is 0 Å². The minimum atomic E-state index is -0.433. The maximum atomic E-state index is 14.3. The molecule has 8 aromatic rings. The maximum absolute atomic E-state index is 14.3. The van der Waals surface area contributed by atoms with Gasteiger partial charge in [-0.25, -0.2) is 4.57 Å². The van der Waals surface area contributed by atoms with Crippen LogP contribution in [0.1, 0.15) is 37.5 Å². The number of ether oxygens (including phenoxy) is 1. The summed E-state index contributed by atoms with van der Waals surface area (Å²) in [5.41, 5.74) is 2.76. The lowest BCUT2D eigenvalue weighted by molar-refractivity contribution is 0.133. The largest absolute Gasteiger partial charge is 0.487 e. The fourth-order valence-electron chi connectivity index (χ4n) is 7.02. The van der Waals surface area contributed by atoms with Gasteiger partial charge in [0, 0.05) is 16.2 Å². The number of aryl methyl sites for hydroxylation is 3. The Balaban J connectivity index is 1.71. The fourth-order valence-corrected chi connectivity index (χ4v) is 7.02. The summed E-state index contributed by atoms with van der Waals surface area (Å²) < 4.78 is 7.91. The summed E-state index contributed by atoms with van der Waals surface area (Å²) in [4.78, 5) is 28.6. The van der Waals surface area contributed by atoms with Crippen LogP contribution in [0.3, 0.4) is 0 Å². The fraction of sp³-hybridized carbons (Fsp3) is 0.200. The van der Waals surface area contributed by atoms with E-state index in [4.69, 9.17) is 4.74 Å². The number of rotatable bonds is 2. The second-order valence-corrected chi connectivity index (χ2v) is 12.2. The van der Waals surface area contributed by atoms with Crippen LogP contribution in [0.5, 0.6) is 5.75 Å². The molecule has 0 aliphatic carbocycles. The van der Waals surface area contributed by atoms with Crippen molar-refractivity contribution >= 4 is 64.6 Å². The van der Waals surface area contributed by atoms with Crippen molar-refractivity contribution in [2.75, 3.05) is 0 Å². The Hall–Kier alpha value is -4.44. The molecule has 0 amide bonds. The summed E-state index contributed by atoms with van der Waals surface area (Å²) in [5.74, 6) is 0.736. The molecule has 0 fully saturated rings. The lowest BCUT2D eigenvalue weighted by atomic mass is 9.93. The van der Waals surface area contributed by atoms with E-state index < -0.39 is 5.60 Å². The van der Waals surface area contributed by atoms with Crippen LogP contribution in [0.15, 0.2) is 64.2 Å². The van der Waals surface area contributed by atoms with Gasteiger partial charge in [-0.2, -0.15) is 0 Å². The van der Waals surface area contributed by atoms with Crippen LogP contribution in [-0.2, 0) is 0 Å². The third-order valence-electron chi connectivity index (χ3n) is 8.43. The zero-order valence-electron chi connectivity index (χ0n) is 22.9. The van der Waals surface area contributed by atoms with Crippen LogP contribution in [-0.4, -0.2) is 10.2 Å². The highest BCUT2D eigenvalue weighted by Crippen LogP contribution is 2.52. The van der Waals surface area contributed by atoms with Crippen molar-refractivity contribution in [1.82, 2.24) is 4.57 Å². The smallest absolute Gasteiger partial charge is 0.266 e. The first-order valence-corrected chi connectivity index (χ1v) is 13.5. The first-order valence-electron chi connectivity index (χ1n) is 13.5. The molecular weight excluding hydrogens is 482 g/mol. The van der Waals surface area contributed by atoms with E-state index in [1.165, 1.54) is 20.7 Å². The molecule has 4 heteroatoms. The van der Waals surface area contributed by atoms with Crippen LogP contribution >= 0.6 is 0 Å². The molecule has 0 aliphatic heterocycles. The molecule has 4 nitrogen and oxygen atoms in total. The average molecular weight is 510 g/mol. The molecule has 0 atom stereocenters. The molecule has 0 aliphatic rings. The monoisotopic (exact) mass is 509 g/mol. The Morgan fingerprint density at radius 2 is 1.18 bits per heavy atom. The van der Waals surface area contributed by atoms with Crippen molar-refractivity contribution < 1.29 is 4.74 Å². The van der Waals surface area contributed by atoms with Crippen LogP contribution in [0.25, 0.3) is 70.3 Å². The van der Waals surface area contributed by atoms with Crippen molar-refractivity contribution in [1.29, 1.82) is 0 Å². The van der Waals surface area contributed by atoms with Crippen molar-refractivity contribution in [3.05, 3.63) is 92.0 Å². The van der Waals surface area contributed by atoms with E-state index in [0.29, 0.717) is 16.5 Å². The van der Waals surface area contributed by atoms with Gasteiger partial charge in [0.1, 0.15) is 11.4 Å². The summed E-state index contributed by atoms with van der Waals surface area (Å²) in [7, 11) is 0. The Morgan fingerprint density at radius 3 is 1.82 bits per heavy atom. The molecule has 0 N–H and O–H groups in total. The van der Waals surface area contributed by atoms with Gasteiger partial charge >= 0.3 is 0 Å². The molecule has 7 aromatic carbocycles. The lowest BCUT2D eigenvalue weighted by Crippen LogP contribution is -2.24. The normalized spacial score (nSPS) is 13.1. The minimum Gasteiger partial charge on any atom is -0.487 e. The SMILES string of the molecule is Cc1ccc(-n2c(=O)c3c4cc(C)c5ccc6ccc7c(OC(C)(C)C)cc(c3c2=O)c2c7c6c5c42)c(C)c1. The number of nitrogens with zero attached hydrogens (tertiary/aromatic N) is 1. The lowest BCUT2D eigenvalue weighted by Gasteiger charge is -2.23. The van der Waals surface area contributed by atoms with Crippen molar-refractivity contribution in [3.63, 3.8) is 0 Å². The molecule has 39 heavy (non-hydrogen) atoms. The second-order valence-electron chi connectivity index (χ2n) is 12.2. The van der Waals surface area contributed by atoms with Crippen LogP contribution in [0, 0.1) is 20.8 Å². The molecule has 0 spiro atoms. The number of aromatic nitrogens is 1. The molecule has 190 valence electrons. The number of hydrogen-bond acceptors (Lipinski definition) is 3. The molecular formula is C35H27NO3. The third kappa shape index (κ3) is 2.69. The highest BCUT2D eigenvalue weighted by Gasteiger charge is 2.29. The quantitative estimate of drug-likeness (QED) is 0.222. The maximum Gasteiger partial charge on any atom is 0.266 e. The standard InChI is InChI=1S/C35H27NO3/c1-16-7-12-24(18(3)13-16)36-33(37)31-22-14-17(2)20-10-8-19-9-11-21-25(39-35(4,5)6)15-23(32(31)34(36)38)30-28(21)26(19)27(20)29(22)30/h7-15H,1-6H3. The molecule has 8 rings (SSSR count). The first kappa shape index (κ1) is 22.5. The Morgan fingerprint density at radius 1 is 0.590 bits per heavy atom. The van der Waals surface area contributed by atoms with Gasteiger partial charge in [-0.3, -0.25) is 9.59 Å². The highest BCUT2D eigenvalue weighted by atomic mass is 16.5. The number of fused-ring (bicyclic) bond motifs is 3. The zero-order chi connectivity index (χ0) is 27.1. The van der Waals surface area contributed by atoms with E-state index in [2.05, 4.69) is 37.3 Å². The van der Waals surface area contributed by atoms with Gasteiger partial charge in [0.05, 0.1) is 16.5 Å². The third-order valence-corrected chi connectivity index (χ3v) is 8.43. The molecule has 0 saturated carbocycles. The second kappa shape index (κ2) is 6.95. The average Bonchev–Trinajstić information content (AvgIpc) is 3.35. The summed E-state index contributed by atoms with van der Waals surface area (Å²) in [6.07, 6.45) is 0. The molecule has 0 saturated heterocycles. The Kier molecular flexibility index (Phi) is 4.01. The van der Waals surface area contributed by atoms with Gasteiger partial charge < -0.3 is 4.74 Å². The Labute approximate surface area is 224 Å². The van der Waals surface area contributed by atoms with Crippen molar-refractivity contribution in [2.24, 2.45) is 0 Å². The summed E-state index contributed by atoms with van der Waals surface area (Å²) >= 11 is 0. The van der Waals surface area contributed by atoms with Crippen molar-refractivity contribution in [3.8, 4) is 11.4 Å². The molecule has 0 unspecified atom stereocenters. The van der Waals surface area contributed by atoms with E-state index in [0.717, 1.165) is 60.1 Å². The zero-order valence-corrected chi connectivity index (χ0v) is 22.9. The number of hydrogen-bond donors (Lipinski definition) is 0. The molecule has 1 heterocycles. The van der Waals surface area contributed by atoms with Gasteiger partial charge in [0.15, 0.2) is 0 Å². The van der Waals surface area contributed by atoms with Crippen LogP contribution < -0.4 is 15.9 Å². The molecule has 0 bridgehead atoms. The highest BCUT2D eigenvalue weighted by molar-refractivity contribution is 6.48. The van der Waals surface area contributed by atoms with E-state index in [1.54, 1.807) is 0 Å². The molecule has 1 aromatic heterocycles. The van der Waals surface area contributed by atoms with Crippen LogP contribution in [0.4, 0.5) is 0 Å². The van der Waals surface area contributed by atoms with Gasteiger partial charge in [-0.05, 0) is 115 Å². The number of benzene rings is 6. The van der Waals surface area contributed by atoms with Gasteiger partial charge in [0.25, 0.3) is 11.1 Å². The van der Waals surface area contributed by atoms with E-state index in [9.17, 15) is 9.59 Å². The van der Waals surface area contributed by atoms with E-state index >= 15 is 0 Å². The summed E-state index contributed by atoms with van der Waals surface area (Å²) in [6.45, 7) is 12.2. The van der Waals surface area contributed by atoms with Crippen LogP contribution in [0.2, 0.25) is 0 Å². The van der Waals surface area contributed by atoms with Gasteiger partial charge in [-0.1, -0.05) is 35.9 Å². The first-order chi connectivity index (χ1) is 18.5. The molecule has 0 radical (unpaired) electrons. The summed E-state index contributed by atoms with van der Waals surface area (Å²) in [6, 6.07) is 18.6. The predicted octanol–water partition coefficient (Wildman–Crippen LogP) is 7.97. The topological polar surface area (TPSA) is 48.3 Å². The van der Waals surface area contributed by atoms with Crippen molar-refractivity contribution in [2.45, 2.75) is 47.1 Å². The minimum absolute atomic E-state index is 0.260. The Bertz CT molecular complexity index is 2410.